The summed E-state index contributed by atoms with van der Waals surface area (Å²) in [5.41, 5.74) is -0.727. The Morgan fingerprint density at radius 1 is 1.21 bits per heavy atom. The van der Waals surface area contributed by atoms with E-state index in [1.165, 1.54) is 41.3 Å². The molecule has 2 aromatic carbocycles. The summed E-state index contributed by atoms with van der Waals surface area (Å²) in [5.74, 6) is 0.191. The van der Waals surface area contributed by atoms with Crippen molar-refractivity contribution in [1.29, 1.82) is 0 Å². The number of thioether (sulfide) groups is 1. The average Bonchev–Trinajstić information content (AvgIpc) is 3.43. The predicted molar refractivity (Wildman–Crippen MR) is 123 cm³/mol. The minimum atomic E-state index is -4.58. The van der Waals surface area contributed by atoms with E-state index in [-0.39, 0.29) is 34.2 Å². The van der Waals surface area contributed by atoms with E-state index in [0.717, 1.165) is 17.0 Å². The van der Waals surface area contributed by atoms with Crippen molar-refractivity contribution in [2.24, 2.45) is 7.05 Å². The van der Waals surface area contributed by atoms with Gasteiger partial charge in [-0.1, -0.05) is 53.7 Å². The van der Waals surface area contributed by atoms with Crippen molar-refractivity contribution in [3.05, 3.63) is 80.0 Å². The van der Waals surface area contributed by atoms with Crippen molar-refractivity contribution in [2.75, 3.05) is 5.75 Å². The zero-order valence-electron chi connectivity index (χ0n) is 17.5. The molecular weight excluding hydrogens is 507 g/mol. The highest BCUT2D eigenvalue weighted by Crippen LogP contribution is 2.41. The summed E-state index contributed by atoms with van der Waals surface area (Å²) in [7, 11) is 1.71. The van der Waals surface area contributed by atoms with Crippen LogP contribution in [0.3, 0.4) is 0 Å². The van der Waals surface area contributed by atoms with Gasteiger partial charge in [-0.15, -0.1) is 11.3 Å². The van der Waals surface area contributed by atoms with Gasteiger partial charge in [0.15, 0.2) is 10.5 Å². The van der Waals surface area contributed by atoms with Gasteiger partial charge in [-0.3, -0.25) is 0 Å². The first-order valence-corrected chi connectivity index (χ1v) is 12.2. The summed E-state index contributed by atoms with van der Waals surface area (Å²) in [4.78, 5) is 18.8. The summed E-state index contributed by atoms with van der Waals surface area (Å²) in [6.45, 7) is 0. The number of thiazole rings is 1. The lowest BCUT2D eigenvalue weighted by Crippen LogP contribution is -2.43. The maximum Gasteiger partial charge on any atom is 0.416 e. The number of para-hydroxylation sites is 1. The molecule has 3 heterocycles. The van der Waals surface area contributed by atoms with Gasteiger partial charge in [-0.25, -0.2) is 14.3 Å². The maximum absolute atomic E-state index is 14.0. The van der Waals surface area contributed by atoms with Crippen molar-refractivity contribution in [3.8, 4) is 28.1 Å². The average molecular weight is 522 g/mol. The highest BCUT2D eigenvalue weighted by Gasteiger charge is 2.40. The Morgan fingerprint density at radius 2 is 1.97 bits per heavy atom. The fourth-order valence-corrected chi connectivity index (χ4v) is 6.54. The molecule has 11 heteroatoms. The first-order valence-electron chi connectivity index (χ1n) is 10.0. The first kappa shape index (κ1) is 22.9. The number of halogens is 4. The van der Waals surface area contributed by atoms with Gasteiger partial charge in [0.25, 0.3) is 0 Å². The molecule has 2 aromatic heterocycles. The lowest BCUT2D eigenvalue weighted by Gasteiger charge is -2.18. The highest BCUT2D eigenvalue weighted by molar-refractivity contribution is 7.99. The quantitative estimate of drug-likeness (QED) is 0.284. The fourth-order valence-electron chi connectivity index (χ4n) is 4.12. The van der Waals surface area contributed by atoms with Crippen molar-refractivity contribution >= 4 is 34.7 Å². The number of aromatic nitrogens is 3. The van der Waals surface area contributed by atoms with Gasteiger partial charge in [0.05, 0.1) is 23.2 Å². The van der Waals surface area contributed by atoms with E-state index >= 15 is 0 Å². The van der Waals surface area contributed by atoms with Gasteiger partial charge >= 0.3 is 16.9 Å². The summed E-state index contributed by atoms with van der Waals surface area (Å²) >= 11 is 8.69. The van der Waals surface area contributed by atoms with Crippen molar-refractivity contribution in [3.63, 3.8) is 0 Å². The first-order chi connectivity index (χ1) is 16.2. The normalized spacial score (nSPS) is 15.5. The topological polar surface area (TPSA) is 61.8 Å². The van der Waals surface area contributed by atoms with E-state index < -0.39 is 17.3 Å². The Bertz CT molecular complexity index is 1480. The maximum atomic E-state index is 14.0. The van der Waals surface area contributed by atoms with E-state index in [2.05, 4.69) is 4.98 Å². The molecule has 5 nitrogen and oxygen atoms in total. The predicted octanol–water partition coefficient (Wildman–Crippen LogP) is 4.90. The van der Waals surface area contributed by atoms with Crippen LogP contribution in [0.4, 0.5) is 13.2 Å². The number of rotatable bonds is 3. The Labute approximate surface area is 205 Å². The molecule has 0 saturated heterocycles. The fraction of sp³-hybridized carbons (Fsp3) is 0.174. The number of nitrogens with zero attached hydrogens (tertiary/aromatic N) is 3. The Morgan fingerprint density at radius 3 is 2.65 bits per heavy atom. The Balaban J connectivity index is 1.85. The largest absolute Gasteiger partial charge is 0.872 e. The minimum Gasteiger partial charge on any atom is -0.872 e. The smallest absolute Gasteiger partial charge is 0.416 e. The molecule has 0 aliphatic carbocycles. The third-order valence-corrected chi connectivity index (χ3v) is 8.05. The molecule has 1 atom stereocenters. The molecule has 0 bridgehead atoms. The van der Waals surface area contributed by atoms with Gasteiger partial charge in [0.1, 0.15) is 11.3 Å². The number of alkyl halides is 3. The standard InChI is InChI=1S/C23H15ClF3N3O2S2/c1-29-19(14-7-2-3-8-16(14)31)18(12-5-4-6-13(9-12)23(25,26)27)20(32)30-15(11-33-22(29)30)17-10-28-21(24)34-17/h2-10,15H,11H2,1H3/t15-/m1/s1. The molecule has 0 amide bonds. The molecule has 34 heavy (non-hydrogen) atoms. The molecule has 5 rings (SSSR count). The molecule has 4 aromatic rings. The van der Waals surface area contributed by atoms with Gasteiger partial charge in [0, 0.05) is 11.8 Å². The SMILES string of the molecule is C[n+]1c(-c2ccccc2[O-])c(-c2cccc(C(F)(F)F)c2)c(=O)n2c1SC[C@@H]2c1cnc(Cl)s1. The van der Waals surface area contributed by atoms with Crippen LogP contribution in [0.25, 0.3) is 22.4 Å². The van der Waals surface area contributed by atoms with Crippen LogP contribution in [-0.2, 0) is 13.2 Å². The van der Waals surface area contributed by atoms with Crippen LogP contribution in [-0.4, -0.2) is 15.3 Å². The van der Waals surface area contributed by atoms with Gasteiger partial charge in [-0.05, 0) is 29.5 Å². The number of benzene rings is 2. The molecule has 0 unspecified atom stereocenters. The van der Waals surface area contributed by atoms with Gasteiger partial charge in [0.2, 0.25) is 0 Å². The molecule has 174 valence electrons. The van der Waals surface area contributed by atoms with E-state index in [1.54, 1.807) is 40.6 Å². The summed E-state index contributed by atoms with van der Waals surface area (Å²) in [6.07, 6.45) is -2.98. The zero-order valence-corrected chi connectivity index (χ0v) is 19.9. The second kappa shape index (κ2) is 8.44. The van der Waals surface area contributed by atoms with Crippen LogP contribution >= 0.6 is 34.7 Å². The van der Waals surface area contributed by atoms with E-state index in [4.69, 9.17) is 11.6 Å². The van der Waals surface area contributed by atoms with Gasteiger partial charge < -0.3 is 5.11 Å². The Kier molecular flexibility index (Phi) is 5.70. The summed E-state index contributed by atoms with van der Waals surface area (Å²) in [5, 5.41) is 13.3. The third kappa shape index (κ3) is 3.79. The number of fused-ring (bicyclic) bond motifs is 1. The van der Waals surface area contributed by atoms with Crippen LogP contribution in [0.2, 0.25) is 4.47 Å². The van der Waals surface area contributed by atoms with Crippen LogP contribution in [0.1, 0.15) is 16.5 Å². The van der Waals surface area contributed by atoms with Crippen molar-refractivity contribution < 1.29 is 22.8 Å². The lowest BCUT2D eigenvalue weighted by molar-refractivity contribution is -0.704. The number of hydrogen-bond acceptors (Lipinski definition) is 5. The van der Waals surface area contributed by atoms with Crippen molar-refractivity contribution in [1.82, 2.24) is 9.55 Å². The molecule has 0 N–H and O–H groups in total. The van der Waals surface area contributed by atoms with Crippen LogP contribution in [0.5, 0.6) is 5.75 Å². The highest BCUT2D eigenvalue weighted by atomic mass is 35.5. The van der Waals surface area contributed by atoms with Crippen molar-refractivity contribution in [2.45, 2.75) is 17.4 Å². The minimum absolute atomic E-state index is 0.0313. The van der Waals surface area contributed by atoms with E-state index in [1.807, 2.05) is 0 Å². The molecular formula is C23H15ClF3N3O2S2. The molecule has 1 aliphatic heterocycles. The second-order valence-corrected chi connectivity index (χ2v) is 10.3. The molecule has 0 fully saturated rings. The van der Waals surface area contributed by atoms with Gasteiger partial charge in [-0.2, -0.15) is 17.7 Å². The monoisotopic (exact) mass is 521 g/mol. The van der Waals surface area contributed by atoms with E-state index in [0.29, 0.717) is 15.4 Å². The Hall–Kier alpha value is -2.82. The molecule has 0 saturated carbocycles. The van der Waals surface area contributed by atoms with Crippen LogP contribution in [0, 0.1) is 0 Å². The lowest BCUT2D eigenvalue weighted by atomic mass is 9.97. The van der Waals surface area contributed by atoms with Crippen LogP contribution in [0.15, 0.2) is 64.7 Å². The zero-order chi connectivity index (χ0) is 24.2. The molecule has 0 radical (unpaired) electrons. The number of hydrogen-bond donors (Lipinski definition) is 0. The third-order valence-electron chi connectivity index (χ3n) is 5.62. The molecule has 1 aliphatic rings. The molecule has 0 spiro atoms. The summed E-state index contributed by atoms with van der Waals surface area (Å²) in [6, 6.07) is 10.4. The van der Waals surface area contributed by atoms with Crippen LogP contribution < -0.4 is 15.2 Å². The second-order valence-electron chi connectivity index (χ2n) is 7.66. The van der Waals surface area contributed by atoms with E-state index in [9.17, 15) is 23.1 Å². The summed E-state index contributed by atoms with van der Waals surface area (Å²) < 4.78 is 44.1.